The highest BCUT2D eigenvalue weighted by molar-refractivity contribution is 7.55. The van der Waals surface area contributed by atoms with Crippen LogP contribution < -0.4 is 4.90 Å². The van der Waals surface area contributed by atoms with Crippen molar-refractivity contribution in [3.63, 3.8) is 0 Å². The minimum atomic E-state index is -3.91. The Labute approximate surface area is 195 Å². The van der Waals surface area contributed by atoms with Crippen molar-refractivity contribution in [3.05, 3.63) is 114 Å². The van der Waals surface area contributed by atoms with Gasteiger partial charge < -0.3 is 13.9 Å². The van der Waals surface area contributed by atoms with Crippen LogP contribution in [0.3, 0.4) is 0 Å². The van der Waals surface area contributed by atoms with E-state index in [1.54, 1.807) is 20.0 Å². The summed E-state index contributed by atoms with van der Waals surface area (Å²) in [5.41, 5.74) is 2.85. The van der Waals surface area contributed by atoms with Crippen LogP contribution in [0.15, 0.2) is 103 Å². The summed E-state index contributed by atoms with van der Waals surface area (Å²) in [6, 6.07) is 28.5. The Balaban J connectivity index is 2.11. The zero-order valence-corrected chi connectivity index (χ0v) is 19.7. The van der Waals surface area contributed by atoms with E-state index in [-0.39, 0.29) is 13.2 Å². The normalized spacial score (nSPS) is 20.5. The molecule has 170 valence electrons. The summed E-state index contributed by atoms with van der Waals surface area (Å²) < 4.78 is 26.8. The summed E-state index contributed by atoms with van der Waals surface area (Å²) >= 11 is 0. The van der Waals surface area contributed by atoms with Crippen molar-refractivity contribution in [1.82, 2.24) is 0 Å². The maximum absolute atomic E-state index is 14.8. The predicted molar refractivity (Wildman–Crippen MR) is 131 cm³/mol. The summed E-state index contributed by atoms with van der Waals surface area (Å²) in [6.45, 7) is 3.95. The van der Waals surface area contributed by atoms with E-state index in [2.05, 4.69) is 0 Å². The quantitative estimate of drug-likeness (QED) is 0.269. The van der Waals surface area contributed by atoms with Crippen LogP contribution in [0.25, 0.3) is 0 Å². The van der Waals surface area contributed by atoms with Gasteiger partial charge in [0.25, 0.3) is 0 Å². The Morgan fingerprint density at radius 3 is 1.88 bits per heavy atom. The molecule has 0 amide bonds. The summed E-state index contributed by atoms with van der Waals surface area (Å²) in [5.74, 6) is 0. The number of benzene rings is 3. The highest BCUT2D eigenvalue weighted by Gasteiger charge is 2.64. The van der Waals surface area contributed by atoms with Gasteiger partial charge in [0, 0.05) is 17.5 Å². The molecule has 33 heavy (non-hydrogen) atoms. The topological polar surface area (TPSA) is 55.8 Å². The molecule has 0 N–H and O–H groups in total. The maximum atomic E-state index is 14.8. The molecule has 1 aliphatic rings. The van der Waals surface area contributed by atoms with Gasteiger partial charge in [-0.15, -0.1) is 0 Å². The summed E-state index contributed by atoms with van der Waals surface area (Å²) in [4.78, 5) is 14.7. The Hall–Kier alpha value is -2.98. The summed E-state index contributed by atoms with van der Waals surface area (Å²) in [6.07, 6.45) is 2.58. The third-order valence-corrected chi connectivity index (χ3v) is 8.75. The molecule has 0 aromatic heterocycles. The largest absolute Gasteiger partial charge is 0.348 e. The van der Waals surface area contributed by atoms with Crippen LogP contribution in [0.5, 0.6) is 0 Å². The molecule has 2 atom stereocenters. The van der Waals surface area contributed by atoms with Gasteiger partial charge in [0.15, 0.2) is 5.16 Å². The first kappa shape index (κ1) is 23.2. The van der Waals surface area contributed by atoms with Gasteiger partial charge in [-0.25, -0.2) is 0 Å². The lowest BCUT2D eigenvalue weighted by atomic mass is 9.83. The molecule has 0 fully saturated rings. The van der Waals surface area contributed by atoms with Gasteiger partial charge in [0.1, 0.15) is 6.29 Å². The smallest absolute Gasteiger partial charge is 0.338 e. The van der Waals surface area contributed by atoms with Gasteiger partial charge >= 0.3 is 7.60 Å². The molecule has 3 aromatic carbocycles. The van der Waals surface area contributed by atoms with E-state index in [9.17, 15) is 9.36 Å². The molecule has 0 spiro atoms. The third-order valence-electron chi connectivity index (χ3n) is 5.93. The lowest BCUT2D eigenvalue weighted by Crippen LogP contribution is -2.40. The number of para-hydroxylation sites is 1. The van der Waals surface area contributed by atoms with Crippen molar-refractivity contribution in [2.75, 3.05) is 18.1 Å². The Bertz CT molecular complexity index is 1140. The highest BCUT2D eigenvalue weighted by atomic mass is 31.2. The van der Waals surface area contributed by atoms with E-state index in [0.29, 0.717) is 11.1 Å². The molecule has 0 saturated carbocycles. The number of aldehydes is 1. The third kappa shape index (κ3) is 3.87. The molecule has 0 radical (unpaired) electrons. The van der Waals surface area contributed by atoms with Gasteiger partial charge in [-0.3, -0.25) is 9.36 Å². The van der Waals surface area contributed by atoms with Crippen LogP contribution in [-0.2, 0) is 23.6 Å². The molecule has 0 saturated heterocycles. The van der Waals surface area contributed by atoms with Gasteiger partial charge in [-0.2, -0.15) is 0 Å². The Kier molecular flexibility index (Phi) is 6.94. The lowest BCUT2D eigenvalue weighted by Gasteiger charge is -2.44. The predicted octanol–water partition coefficient (Wildman–Crippen LogP) is 6.49. The fourth-order valence-corrected chi connectivity index (χ4v) is 7.35. The van der Waals surface area contributed by atoms with E-state index in [0.717, 1.165) is 17.5 Å². The van der Waals surface area contributed by atoms with Crippen LogP contribution >= 0.6 is 7.60 Å². The van der Waals surface area contributed by atoms with E-state index in [4.69, 9.17) is 9.05 Å². The summed E-state index contributed by atoms with van der Waals surface area (Å²) in [7, 11) is -3.91. The molecule has 1 heterocycles. The van der Waals surface area contributed by atoms with Gasteiger partial charge in [-0.05, 0) is 37.1 Å². The molecule has 3 aromatic rings. The second kappa shape index (κ2) is 9.88. The lowest BCUT2D eigenvalue weighted by molar-refractivity contribution is -0.105. The van der Waals surface area contributed by atoms with Crippen molar-refractivity contribution in [1.29, 1.82) is 0 Å². The minimum absolute atomic E-state index is 0.185. The van der Waals surface area contributed by atoms with E-state index in [1.807, 2.05) is 95.9 Å². The number of nitrogens with zero attached hydrogens (tertiary/aromatic N) is 1. The summed E-state index contributed by atoms with van der Waals surface area (Å²) in [5, 5.41) is -1.36. The van der Waals surface area contributed by atoms with Gasteiger partial charge in [0.05, 0.1) is 19.3 Å². The molecular formula is C27H28NO4P. The number of rotatable bonds is 9. The average Bonchev–Trinajstić information content (AvgIpc) is 3.23. The zero-order valence-electron chi connectivity index (χ0n) is 18.8. The number of hydrogen-bond acceptors (Lipinski definition) is 5. The number of anilines is 1. The highest BCUT2D eigenvalue weighted by Crippen LogP contribution is 2.75. The van der Waals surface area contributed by atoms with Crippen molar-refractivity contribution < 1.29 is 18.4 Å². The molecular weight excluding hydrogens is 433 g/mol. The van der Waals surface area contributed by atoms with Gasteiger partial charge in [0.2, 0.25) is 0 Å². The maximum Gasteiger partial charge on any atom is 0.348 e. The van der Waals surface area contributed by atoms with Crippen LogP contribution in [0.1, 0.15) is 31.0 Å². The van der Waals surface area contributed by atoms with E-state index in [1.165, 1.54) is 0 Å². The first-order valence-electron chi connectivity index (χ1n) is 11.1. The molecule has 0 aliphatic carbocycles. The fourth-order valence-electron chi connectivity index (χ4n) is 4.73. The van der Waals surface area contributed by atoms with Crippen molar-refractivity contribution in [2.24, 2.45) is 0 Å². The number of hydrogen-bond donors (Lipinski definition) is 0. The van der Waals surface area contributed by atoms with Crippen molar-refractivity contribution in [3.8, 4) is 0 Å². The first-order valence-corrected chi connectivity index (χ1v) is 12.7. The second-order valence-corrected chi connectivity index (χ2v) is 9.94. The SMILES string of the molecule is CCOP(=O)(OCC)C1(c2ccccc2)C(C=O)=CN(c2ccccc2)C1c1ccccc1. The fraction of sp³-hybridized carbons (Fsp3) is 0.222. The number of carbonyl (C=O) groups is 1. The van der Waals surface area contributed by atoms with Crippen molar-refractivity contribution >= 4 is 19.6 Å². The zero-order chi connectivity index (χ0) is 23.3. The van der Waals surface area contributed by atoms with Crippen LogP contribution in [0.2, 0.25) is 0 Å². The molecule has 1 aliphatic heterocycles. The van der Waals surface area contributed by atoms with Crippen molar-refractivity contribution in [2.45, 2.75) is 25.0 Å². The van der Waals surface area contributed by atoms with Crippen LogP contribution in [0, 0.1) is 0 Å². The van der Waals surface area contributed by atoms with Crippen LogP contribution in [-0.4, -0.2) is 19.5 Å². The molecule has 6 heteroatoms. The van der Waals surface area contributed by atoms with E-state index >= 15 is 0 Å². The Morgan fingerprint density at radius 1 is 0.848 bits per heavy atom. The van der Waals surface area contributed by atoms with Gasteiger partial charge in [-0.1, -0.05) is 78.9 Å². The minimum Gasteiger partial charge on any atom is -0.338 e. The first-order chi connectivity index (χ1) is 16.1. The molecule has 0 bridgehead atoms. The molecule has 2 unspecified atom stereocenters. The average molecular weight is 461 g/mol. The monoisotopic (exact) mass is 461 g/mol. The molecule has 4 rings (SSSR count). The molecule has 5 nitrogen and oxygen atoms in total. The Morgan fingerprint density at radius 2 is 1.36 bits per heavy atom. The second-order valence-electron chi connectivity index (χ2n) is 7.72. The van der Waals surface area contributed by atoms with Crippen LogP contribution in [0.4, 0.5) is 5.69 Å². The van der Waals surface area contributed by atoms with E-state index < -0.39 is 18.8 Å². The number of carbonyl (C=O) groups excluding carboxylic acids is 1. The standard InChI is InChI=1S/C27H28NO4P/c1-3-31-33(30,32-4-2)27(23-16-10-6-11-17-23)24(21-29)20-28(25-18-12-7-13-19-25)26(27)22-14-8-5-9-15-22/h5-21,26H,3-4H2,1-2H3.